The van der Waals surface area contributed by atoms with Crippen LogP contribution >= 0.6 is 0 Å². The number of fused-ring (bicyclic) bond motifs is 1. The molecule has 7 nitrogen and oxygen atoms in total. The van der Waals surface area contributed by atoms with Gasteiger partial charge in [-0.05, 0) is 57.2 Å². The number of hydrogen-bond donors (Lipinski definition) is 1. The van der Waals surface area contributed by atoms with Crippen molar-refractivity contribution >= 4 is 23.2 Å². The summed E-state index contributed by atoms with van der Waals surface area (Å²) in [6.45, 7) is 9.38. The molecule has 0 aliphatic rings. The van der Waals surface area contributed by atoms with E-state index in [1.807, 2.05) is 45.0 Å². The Kier molecular flexibility index (Phi) is 7.45. The number of aliphatic hydroxyl groups excluding tert-OH is 1. The number of aliphatic hydroxyl groups is 1. The summed E-state index contributed by atoms with van der Waals surface area (Å²) in [6, 6.07) is 7.55. The van der Waals surface area contributed by atoms with Crippen LogP contribution in [0.1, 0.15) is 38.4 Å². The van der Waals surface area contributed by atoms with Crippen molar-refractivity contribution in [3.8, 4) is 0 Å². The molecule has 158 valence electrons. The number of rotatable bonds is 7. The van der Waals surface area contributed by atoms with Crippen molar-refractivity contribution in [3.05, 3.63) is 47.7 Å². The summed E-state index contributed by atoms with van der Waals surface area (Å²) in [6.07, 6.45) is 0.150. The molecule has 1 heterocycles. The van der Waals surface area contributed by atoms with Crippen molar-refractivity contribution in [2.45, 2.75) is 45.6 Å². The van der Waals surface area contributed by atoms with E-state index in [-0.39, 0.29) is 13.2 Å². The van der Waals surface area contributed by atoms with Crippen molar-refractivity contribution in [2.75, 3.05) is 20.3 Å². The van der Waals surface area contributed by atoms with Gasteiger partial charge in [0.15, 0.2) is 0 Å². The van der Waals surface area contributed by atoms with E-state index in [1.54, 1.807) is 4.57 Å². The van der Waals surface area contributed by atoms with Gasteiger partial charge in [-0.2, -0.15) is 0 Å². The maximum absolute atomic E-state index is 13.0. The Morgan fingerprint density at radius 2 is 1.86 bits per heavy atom. The van der Waals surface area contributed by atoms with Crippen LogP contribution in [0.2, 0.25) is 0 Å². The number of aromatic nitrogens is 1. The predicted molar refractivity (Wildman–Crippen MR) is 110 cm³/mol. The van der Waals surface area contributed by atoms with Crippen LogP contribution in [-0.4, -0.2) is 47.8 Å². The molecule has 1 aromatic heterocycles. The quantitative estimate of drug-likeness (QED) is 0.550. The first-order chi connectivity index (χ1) is 13.7. The topological polar surface area (TPSA) is 87.0 Å². The summed E-state index contributed by atoms with van der Waals surface area (Å²) in [5.41, 5.74) is 2.43. The number of benzene rings is 1. The number of ether oxygens (including phenoxy) is 3. The van der Waals surface area contributed by atoms with E-state index in [2.05, 4.69) is 11.3 Å². The second-order valence-corrected chi connectivity index (χ2v) is 7.72. The van der Waals surface area contributed by atoms with Gasteiger partial charge in [-0.1, -0.05) is 24.8 Å². The lowest BCUT2D eigenvalue weighted by atomic mass is 10.0. The molecule has 1 N–H and O–H groups in total. The van der Waals surface area contributed by atoms with Crippen LogP contribution in [0.5, 0.6) is 0 Å². The average Bonchev–Trinajstić information content (AvgIpc) is 2.97. The molecule has 0 atom stereocenters. The Labute approximate surface area is 170 Å². The molecule has 2 rings (SSSR count). The van der Waals surface area contributed by atoms with Crippen LogP contribution in [0.4, 0.5) is 9.59 Å². The van der Waals surface area contributed by atoms with E-state index < -0.39 is 17.8 Å². The number of carbonyl (C=O) groups is 2. The third-order valence-electron chi connectivity index (χ3n) is 4.30. The fraction of sp³-hybridized carbons (Fsp3) is 0.455. The van der Waals surface area contributed by atoms with Gasteiger partial charge in [-0.25, -0.2) is 14.2 Å². The van der Waals surface area contributed by atoms with Crippen LogP contribution in [-0.2, 0) is 27.1 Å². The molecule has 0 unspecified atom stereocenters. The minimum Gasteiger partial charge on any atom is -0.443 e. The number of hydrogen-bond acceptors (Lipinski definition) is 6. The zero-order valence-electron chi connectivity index (χ0n) is 17.5. The molecule has 29 heavy (non-hydrogen) atoms. The first-order valence-corrected chi connectivity index (χ1v) is 9.50. The van der Waals surface area contributed by atoms with Crippen molar-refractivity contribution in [1.82, 2.24) is 4.57 Å². The Morgan fingerprint density at radius 3 is 2.48 bits per heavy atom. The SMILES string of the molecule is C=C(CCc1c(CCO)c2ccccc2n1C(=O)OC(C)(C)C)COC(=O)OC. The number of methoxy groups -OCH3 is 1. The van der Waals surface area contributed by atoms with Crippen LogP contribution in [0.15, 0.2) is 36.4 Å². The average molecular weight is 403 g/mol. The molecule has 0 saturated carbocycles. The lowest BCUT2D eigenvalue weighted by molar-refractivity contribution is 0.0539. The molecule has 0 amide bonds. The van der Waals surface area contributed by atoms with Crippen molar-refractivity contribution in [2.24, 2.45) is 0 Å². The fourth-order valence-electron chi connectivity index (χ4n) is 3.12. The maximum Gasteiger partial charge on any atom is 0.508 e. The summed E-state index contributed by atoms with van der Waals surface area (Å²) < 4.78 is 16.6. The molecule has 2 aromatic rings. The Hall–Kier alpha value is -2.80. The van der Waals surface area contributed by atoms with Gasteiger partial charge in [0.1, 0.15) is 12.2 Å². The number of para-hydroxylation sites is 1. The molecular formula is C22H29NO6. The Balaban J connectivity index is 2.38. The maximum atomic E-state index is 13.0. The van der Waals surface area contributed by atoms with E-state index in [0.717, 1.165) is 22.2 Å². The summed E-state index contributed by atoms with van der Waals surface area (Å²) in [5.74, 6) is 0. The zero-order chi connectivity index (χ0) is 21.6. The molecule has 0 bridgehead atoms. The summed E-state index contributed by atoms with van der Waals surface area (Å²) in [5, 5.41) is 10.5. The van der Waals surface area contributed by atoms with Crippen molar-refractivity contribution < 1.29 is 28.9 Å². The first-order valence-electron chi connectivity index (χ1n) is 9.50. The minimum atomic E-state index is -0.769. The van der Waals surface area contributed by atoms with E-state index in [0.29, 0.717) is 24.8 Å². The molecule has 7 heteroatoms. The van der Waals surface area contributed by atoms with Crippen LogP contribution in [0.25, 0.3) is 10.9 Å². The molecule has 0 aliphatic heterocycles. The van der Waals surface area contributed by atoms with E-state index in [9.17, 15) is 14.7 Å². The highest BCUT2D eigenvalue weighted by atomic mass is 16.7. The van der Waals surface area contributed by atoms with Gasteiger partial charge in [0.25, 0.3) is 0 Å². The van der Waals surface area contributed by atoms with E-state index >= 15 is 0 Å². The first kappa shape index (κ1) is 22.5. The third-order valence-corrected chi connectivity index (χ3v) is 4.30. The molecule has 0 saturated heterocycles. The molecule has 0 radical (unpaired) electrons. The highest BCUT2D eigenvalue weighted by molar-refractivity contribution is 5.93. The van der Waals surface area contributed by atoms with Crippen molar-refractivity contribution in [1.29, 1.82) is 0 Å². The van der Waals surface area contributed by atoms with Gasteiger partial charge in [-0.3, -0.25) is 0 Å². The number of nitrogens with zero attached hydrogens (tertiary/aromatic N) is 1. The molecule has 1 aromatic carbocycles. The molecule has 0 spiro atoms. The molecule has 0 aliphatic carbocycles. The summed E-state index contributed by atoms with van der Waals surface area (Å²) in [4.78, 5) is 24.1. The highest BCUT2D eigenvalue weighted by Crippen LogP contribution is 2.29. The van der Waals surface area contributed by atoms with Gasteiger partial charge in [0.05, 0.1) is 12.6 Å². The van der Waals surface area contributed by atoms with Crippen LogP contribution < -0.4 is 0 Å². The lowest BCUT2D eigenvalue weighted by Crippen LogP contribution is -2.28. The highest BCUT2D eigenvalue weighted by Gasteiger charge is 2.25. The monoisotopic (exact) mass is 403 g/mol. The van der Waals surface area contributed by atoms with Crippen LogP contribution in [0, 0.1) is 0 Å². The van der Waals surface area contributed by atoms with Gasteiger partial charge >= 0.3 is 12.2 Å². The normalized spacial score (nSPS) is 11.3. The van der Waals surface area contributed by atoms with Gasteiger partial charge in [-0.15, -0.1) is 0 Å². The standard InChI is InChI=1S/C22H29NO6/c1-15(14-28-21(26)27-5)10-11-19-17(12-13-24)16-8-6-7-9-18(16)23(19)20(25)29-22(2,3)4/h6-9,24H,1,10-14H2,2-5H3. The lowest BCUT2D eigenvalue weighted by Gasteiger charge is -2.21. The summed E-state index contributed by atoms with van der Waals surface area (Å²) in [7, 11) is 1.24. The van der Waals surface area contributed by atoms with E-state index in [4.69, 9.17) is 9.47 Å². The van der Waals surface area contributed by atoms with E-state index in [1.165, 1.54) is 7.11 Å². The smallest absolute Gasteiger partial charge is 0.443 e. The molecule has 0 fully saturated rings. The van der Waals surface area contributed by atoms with Crippen molar-refractivity contribution in [3.63, 3.8) is 0 Å². The summed E-state index contributed by atoms with van der Waals surface area (Å²) >= 11 is 0. The number of carbonyl (C=O) groups excluding carboxylic acids is 2. The second-order valence-electron chi connectivity index (χ2n) is 7.72. The minimum absolute atomic E-state index is 0.0364. The second kappa shape index (κ2) is 9.60. The molecular weight excluding hydrogens is 374 g/mol. The fourth-order valence-corrected chi connectivity index (χ4v) is 3.12. The zero-order valence-corrected chi connectivity index (χ0v) is 17.5. The van der Waals surface area contributed by atoms with Gasteiger partial charge in [0.2, 0.25) is 0 Å². The van der Waals surface area contributed by atoms with Gasteiger partial charge < -0.3 is 19.3 Å². The largest absolute Gasteiger partial charge is 0.508 e. The van der Waals surface area contributed by atoms with Crippen LogP contribution in [0.3, 0.4) is 0 Å². The Bertz CT molecular complexity index is 891. The van der Waals surface area contributed by atoms with Gasteiger partial charge in [0, 0.05) is 17.7 Å². The third kappa shape index (κ3) is 5.84. The Morgan fingerprint density at radius 1 is 1.17 bits per heavy atom. The predicted octanol–water partition coefficient (Wildman–Crippen LogP) is 4.23.